The number of nitrogens with one attached hydrogen (secondary N) is 1. The van der Waals surface area contributed by atoms with Gasteiger partial charge < -0.3 is 5.11 Å². The molecule has 0 aliphatic carbocycles. The molecular formula is C11H15FN2O5S2. The summed E-state index contributed by atoms with van der Waals surface area (Å²) in [5.41, 5.74) is -1.83. The standard InChI is InChI=1S/C11H15FN2O5S2/c1-11(15,7-20-2)6-13-21(18,19)10-4-3-8(14(16)17)5-9(10)12/h3-5,13,15H,6-7H2,1-2H3. The summed E-state index contributed by atoms with van der Waals surface area (Å²) in [6.07, 6.45) is 1.75. The quantitative estimate of drug-likeness (QED) is 0.570. The van der Waals surface area contributed by atoms with Crippen molar-refractivity contribution in [1.29, 1.82) is 0 Å². The van der Waals surface area contributed by atoms with Gasteiger partial charge in [0.15, 0.2) is 0 Å². The van der Waals surface area contributed by atoms with Gasteiger partial charge in [0.05, 0.1) is 16.6 Å². The first-order valence-corrected chi connectivity index (χ1v) is 8.62. The monoisotopic (exact) mass is 338 g/mol. The van der Waals surface area contributed by atoms with Crippen LogP contribution in [-0.2, 0) is 10.0 Å². The van der Waals surface area contributed by atoms with Crippen LogP contribution in [0.15, 0.2) is 23.1 Å². The SMILES string of the molecule is CSCC(C)(O)CNS(=O)(=O)c1ccc([N+](=O)[O-])cc1F. The van der Waals surface area contributed by atoms with Crippen LogP contribution in [0.5, 0.6) is 0 Å². The molecule has 0 saturated heterocycles. The van der Waals surface area contributed by atoms with Crippen LogP contribution in [0.1, 0.15) is 6.92 Å². The molecule has 0 aromatic heterocycles. The zero-order valence-electron chi connectivity index (χ0n) is 11.4. The molecule has 7 nitrogen and oxygen atoms in total. The molecule has 1 unspecified atom stereocenters. The molecule has 0 radical (unpaired) electrons. The Balaban J connectivity index is 2.96. The van der Waals surface area contributed by atoms with Gasteiger partial charge in [-0.1, -0.05) is 0 Å². The maximum Gasteiger partial charge on any atom is 0.272 e. The van der Waals surface area contributed by atoms with Gasteiger partial charge in [0.25, 0.3) is 5.69 Å². The minimum absolute atomic E-state index is 0.290. The normalized spacial score (nSPS) is 14.7. The van der Waals surface area contributed by atoms with Gasteiger partial charge in [-0.15, -0.1) is 0 Å². The Morgan fingerprint density at radius 1 is 1.52 bits per heavy atom. The Morgan fingerprint density at radius 2 is 2.14 bits per heavy atom. The number of non-ortho nitro benzene ring substituents is 1. The molecule has 1 aromatic carbocycles. The topological polar surface area (TPSA) is 110 Å². The number of aliphatic hydroxyl groups is 1. The second kappa shape index (κ2) is 6.69. The first-order valence-electron chi connectivity index (χ1n) is 5.74. The van der Waals surface area contributed by atoms with E-state index < -0.39 is 36.9 Å². The number of benzene rings is 1. The lowest BCUT2D eigenvalue weighted by Gasteiger charge is -2.22. The van der Waals surface area contributed by atoms with Gasteiger partial charge in [-0.3, -0.25) is 10.1 Å². The maximum absolute atomic E-state index is 13.7. The predicted octanol–water partition coefficient (Wildman–Crippen LogP) is 1.13. The van der Waals surface area contributed by atoms with Crippen LogP contribution < -0.4 is 4.72 Å². The lowest BCUT2D eigenvalue weighted by molar-refractivity contribution is -0.385. The van der Waals surface area contributed by atoms with Crippen molar-refractivity contribution in [2.24, 2.45) is 0 Å². The Bertz CT molecular complexity index is 634. The first-order chi connectivity index (χ1) is 9.59. The highest BCUT2D eigenvalue weighted by molar-refractivity contribution is 7.98. The van der Waals surface area contributed by atoms with Crippen molar-refractivity contribution in [1.82, 2.24) is 4.72 Å². The lowest BCUT2D eigenvalue weighted by atomic mass is 10.1. The van der Waals surface area contributed by atoms with Crippen LogP contribution in [0.2, 0.25) is 0 Å². The molecule has 0 spiro atoms. The summed E-state index contributed by atoms with van der Waals surface area (Å²) in [5, 5.41) is 20.4. The summed E-state index contributed by atoms with van der Waals surface area (Å²) in [7, 11) is -4.20. The van der Waals surface area contributed by atoms with Gasteiger partial charge in [0.2, 0.25) is 10.0 Å². The van der Waals surface area contributed by atoms with Crippen molar-refractivity contribution in [2.75, 3.05) is 18.6 Å². The van der Waals surface area contributed by atoms with Gasteiger partial charge in [-0.05, 0) is 19.2 Å². The molecule has 0 saturated carbocycles. The fourth-order valence-electron chi connectivity index (χ4n) is 1.51. The zero-order chi connectivity index (χ0) is 16.3. The number of hydrogen-bond donors (Lipinski definition) is 2. The summed E-state index contributed by atoms with van der Waals surface area (Å²) in [6, 6.07) is 2.26. The number of sulfonamides is 1. The predicted molar refractivity (Wildman–Crippen MR) is 77.2 cm³/mol. The van der Waals surface area contributed by atoms with Gasteiger partial charge in [-0.2, -0.15) is 11.8 Å². The molecule has 21 heavy (non-hydrogen) atoms. The van der Waals surface area contributed by atoms with Crippen LogP contribution in [0, 0.1) is 15.9 Å². The van der Waals surface area contributed by atoms with E-state index in [4.69, 9.17) is 0 Å². The van der Waals surface area contributed by atoms with Gasteiger partial charge >= 0.3 is 0 Å². The number of halogens is 1. The van der Waals surface area contributed by atoms with Crippen LogP contribution in [0.3, 0.4) is 0 Å². The molecule has 0 bridgehead atoms. The van der Waals surface area contributed by atoms with E-state index in [1.54, 1.807) is 6.26 Å². The number of thioether (sulfide) groups is 1. The summed E-state index contributed by atoms with van der Waals surface area (Å²) >= 11 is 1.33. The lowest BCUT2D eigenvalue weighted by Crippen LogP contribution is -2.42. The summed E-state index contributed by atoms with van der Waals surface area (Å²) in [5.74, 6) is -0.931. The Labute approximate surface area is 125 Å². The molecular weight excluding hydrogens is 323 g/mol. The molecule has 1 aromatic rings. The van der Waals surface area contributed by atoms with E-state index in [2.05, 4.69) is 4.72 Å². The third-order valence-corrected chi connectivity index (χ3v) is 4.86. The molecule has 0 aliphatic rings. The molecule has 10 heteroatoms. The van der Waals surface area contributed by atoms with Crippen molar-refractivity contribution in [2.45, 2.75) is 17.4 Å². The number of rotatable bonds is 7. The van der Waals surface area contributed by atoms with Crippen LogP contribution in [-0.4, -0.2) is 42.6 Å². The summed E-state index contributed by atoms with van der Waals surface area (Å²) < 4.78 is 39.7. The average molecular weight is 338 g/mol. The molecule has 0 aliphatic heterocycles. The molecule has 1 atom stereocenters. The van der Waals surface area contributed by atoms with E-state index >= 15 is 0 Å². The number of nitrogens with zero attached hydrogens (tertiary/aromatic N) is 1. The Kier molecular flexibility index (Phi) is 5.68. The molecule has 0 heterocycles. The number of nitro groups is 1. The largest absolute Gasteiger partial charge is 0.388 e. The van der Waals surface area contributed by atoms with E-state index in [9.17, 15) is 28.0 Å². The second-order valence-electron chi connectivity index (χ2n) is 4.63. The highest BCUT2D eigenvalue weighted by Gasteiger charge is 2.26. The summed E-state index contributed by atoms with van der Waals surface area (Å²) in [4.78, 5) is 8.96. The molecule has 118 valence electrons. The van der Waals surface area contributed by atoms with Crippen molar-refractivity contribution in [3.63, 3.8) is 0 Å². The van der Waals surface area contributed by atoms with E-state index in [-0.39, 0.29) is 12.3 Å². The van der Waals surface area contributed by atoms with Crippen molar-refractivity contribution in [3.05, 3.63) is 34.1 Å². The number of hydrogen-bond acceptors (Lipinski definition) is 6. The van der Waals surface area contributed by atoms with Gasteiger partial charge in [0, 0.05) is 18.4 Å². The van der Waals surface area contributed by atoms with E-state index in [1.165, 1.54) is 18.7 Å². The molecule has 0 fully saturated rings. The minimum Gasteiger partial charge on any atom is -0.388 e. The summed E-state index contributed by atoms with van der Waals surface area (Å²) in [6.45, 7) is 1.14. The van der Waals surface area contributed by atoms with E-state index in [1.807, 2.05) is 0 Å². The highest BCUT2D eigenvalue weighted by Crippen LogP contribution is 2.20. The average Bonchev–Trinajstić information content (AvgIpc) is 2.36. The van der Waals surface area contributed by atoms with Gasteiger partial charge in [-0.25, -0.2) is 17.5 Å². The zero-order valence-corrected chi connectivity index (χ0v) is 13.0. The third-order valence-electron chi connectivity index (χ3n) is 2.51. The van der Waals surface area contributed by atoms with Crippen molar-refractivity contribution in [3.8, 4) is 0 Å². The van der Waals surface area contributed by atoms with E-state index in [0.29, 0.717) is 6.07 Å². The first kappa shape index (κ1) is 17.8. The Hall–Kier alpha value is -1.23. The third kappa shape index (κ3) is 4.92. The van der Waals surface area contributed by atoms with Crippen LogP contribution >= 0.6 is 11.8 Å². The highest BCUT2D eigenvalue weighted by atomic mass is 32.2. The fourth-order valence-corrected chi connectivity index (χ4v) is 3.45. The van der Waals surface area contributed by atoms with Crippen molar-refractivity contribution >= 4 is 27.5 Å². The minimum atomic E-state index is -4.20. The Morgan fingerprint density at radius 3 is 2.62 bits per heavy atom. The fraction of sp³-hybridized carbons (Fsp3) is 0.455. The maximum atomic E-state index is 13.7. The van der Waals surface area contributed by atoms with Gasteiger partial charge in [0.1, 0.15) is 10.7 Å². The smallest absolute Gasteiger partial charge is 0.272 e. The molecule has 1 rings (SSSR count). The molecule has 0 amide bonds. The van der Waals surface area contributed by atoms with E-state index in [0.717, 1.165) is 12.1 Å². The van der Waals surface area contributed by atoms with Crippen molar-refractivity contribution < 1.29 is 22.8 Å². The van der Waals surface area contributed by atoms with Crippen LogP contribution in [0.4, 0.5) is 10.1 Å². The van der Waals surface area contributed by atoms with Crippen LogP contribution in [0.25, 0.3) is 0 Å². The molecule has 2 N–H and O–H groups in total. The second-order valence-corrected chi connectivity index (χ2v) is 7.23. The number of nitro benzene ring substituents is 1.